The molecule has 0 amide bonds. The average Bonchev–Trinajstić information content (AvgIpc) is 2.79. The number of ether oxygens (including phenoxy) is 2. The third kappa shape index (κ3) is 3.89. The van der Waals surface area contributed by atoms with Crippen molar-refractivity contribution in [2.75, 3.05) is 0 Å². The van der Waals surface area contributed by atoms with E-state index < -0.39 is 93.3 Å². The Labute approximate surface area is 193 Å². The number of carboxylic acid groups (broad SMARTS) is 1. The Morgan fingerprint density at radius 2 is 1.54 bits per heavy atom. The van der Waals surface area contributed by atoms with E-state index in [-0.39, 0.29) is 5.56 Å². The summed E-state index contributed by atoms with van der Waals surface area (Å²) in [6.45, 7) is 0. The number of carbonyl (C=O) groups is 1. The number of hydrogen-bond donors (Lipinski definition) is 9. The molecule has 2 aromatic carbocycles. The molecule has 9 N–H and O–H groups in total. The lowest BCUT2D eigenvalue weighted by atomic mass is 9.99. The Bertz CT molecular complexity index is 1380. The first kappa shape index (κ1) is 23.9. The molecule has 2 unspecified atom stereocenters. The fraction of sp³-hybridized carbons (Fsp3) is 0.238. The number of hydrogen-bond acceptors (Lipinski definition) is 13. The predicted octanol–water partition coefficient (Wildman–Crippen LogP) is -0.741. The molecule has 1 saturated heterocycles. The van der Waals surface area contributed by atoms with Crippen LogP contribution in [0.1, 0.15) is 0 Å². The van der Waals surface area contributed by atoms with Crippen LogP contribution in [-0.4, -0.2) is 82.6 Å². The van der Waals surface area contributed by atoms with E-state index in [1.165, 1.54) is 0 Å². The van der Waals surface area contributed by atoms with E-state index in [4.69, 9.17) is 13.9 Å². The first-order valence-corrected chi connectivity index (χ1v) is 9.78. The monoisotopic (exact) mass is 494 g/mol. The summed E-state index contributed by atoms with van der Waals surface area (Å²) in [5.74, 6) is -6.97. The fourth-order valence-electron chi connectivity index (χ4n) is 3.54. The molecule has 0 spiro atoms. The van der Waals surface area contributed by atoms with Crippen LogP contribution in [0.5, 0.6) is 34.5 Å². The van der Waals surface area contributed by atoms with Crippen molar-refractivity contribution in [3.8, 4) is 45.8 Å². The normalized spacial score (nSPS) is 24.4. The van der Waals surface area contributed by atoms with Gasteiger partial charge in [-0.15, -0.1) is 0 Å². The average molecular weight is 494 g/mol. The molecule has 2 heterocycles. The van der Waals surface area contributed by atoms with E-state index >= 15 is 0 Å². The fourth-order valence-corrected chi connectivity index (χ4v) is 3.54. The third-order valence-electron chi connectivity index (χ3n) is 5.34. The van der Waals surface area contributed by atoms with Gasteiger partial charge in [-0.05, 0) is 18.2 Å². The maximum absolute atomic E-state index is 12.8. The highest BCUT2D eigenvalue weighted by molar-refractivity contribution is 5.93. The van der Waals surface area contributed by atoms with Gasteiger partial charge in [0, 0.05) is 11.6 Å². The number of benzene rings is 2. The molecule has 14 heteroatoms. The number of aliphatic hydroxyl groups is 3. The Morgan fingerprint density at radius 3 is 2.17 bits per heavy atom. The maximum atomic E-state index is 12.8. The number of rotatable bonds is 4. The van der Waals surface area contributed by atoms with Crippen molar-refractivity contribution < 1.29 is 64.6 Å². The maximum Gasteiger partial charge on any atom is 0.335 e. The van der Waals surface area contributed by atoms with Crippen LogP contribution < -0.4 is 10.2 Å². The van der Waals surface area contributed by atoms with Crippen LogP contribution in [-0.2, 0) is 9.53 Å². The van der Waals surface area contributed by atoms with Gasteiger partial charge in [-0.25, -0.2) is 4.79 Å². The molecule has 3 aromatic rings. The lowest BCUT2D eigenvalue weighted by molar-refractivity contribution is -0.271. The minimum atomic E-state index is -2.05. The summed E-state index contributed by atoms with van der Waals surface area (Å²) in [6, 6.07) is 3.75. The SMILES string of the molecule is O=C(O)C1O[C@@H](Oc2c(O)cc(O)c3c(=O)c(O)c(-c4ccc(O)c(O)c4)oc23)C(O)[C@@H](O)[C@@H]1O. The molecule has 1 aliphatic rings. The van der Waals surface area contributed by atoms with Gasteiger partial charge in [-0.3, -0.25) is 4.79 Å². The van der Waals surface area contributed by atoms with Gasteiger partial charge in [0.05, 0.1) is 0 Å². The second-order valence-electron chi connectivity index (χ2n) is 7.61. The summed E-state index contributed by atoms with van der Waals surface area (Å²) in [4.78, 5) is 24.1. The van der Waals surface area contributed by atoms with Crippen LogP contribution in [0.25, 0.3) is 22.3 Å². The predicted molar refractivity (Wildman–Crippen MR) is 111 cm³/mol. The molecule has 5 atom stereocenters. The second kappa shape index (κ2) is 8.52. The lowest BCUT2D eigenvalue weighted by Gasteiger charge is -2.38. The van der Waals surface area contributed by atoms with Crippen molar-refractivity contribution >= 4 is 16.9 Å². The van der Waals surface area contributed by atoms with Crippen molar-refractivity contribution in [1.29, 1.82) is 0 Å². The molecule has 0 bridgehead atoms. The molecule has 14 nitrogen and oxygen atoms in total. The summed E-state index contributed by atoms with van der Waals surface area (Å²) in [6.07, 6.45) is -10.2. The number of phenolic OH excluding ortho intramolecular Hbond substituents is 4. The highest BCUT2D eigenvalue weighted by Gasteiger charge is 2.48. The standard InChI is InChI=1S/C21H18O14/c22-6-2-1-5(3-7(6)23)16-13(28)11(26)10-8(24)4-9(25)17(18(10)33-16)34-21-15(30)12(27)14(29)19(35-21)20(31)32/h1-4,12,14-15,19,21-25,27-30H,(H,31,32)/t12-,14-,15?,19?,21+/m0/s1. The molecule has 4 rings (SSSR count). The van der Waals surface area contributed by atoms with Gasteiger partial charge in [0.2, 0.25) is 23.2 Å². The third-order valence-corrected chi connectivity index (χ3v) is 5.34. The zero-order chi connectivity index (χ0) is 25.8. The van der Waals surface area contributed by atoms with Crippen molar-refractivity contribution in [2.24, 2.45) is 0 Å². The Kier molecular flexibility index (Phi) is 5.82. The molecular weight excluding hydrogens is 476 g/mol. The molecular formula is C21H18O14. The number of aliphatic carboxylic acids is 1. The first-order chi connectivity index (χ1) is 16.4. The van der Waals surface area contributed by atoms with E-state index in [9.17, 15) is 55.5 Å². The summed E-state index contributed by atoms with van der Waals surface area (Å²) < 4.78 is 15.8. The molecule has 0 saturated carbocycles. The molecule has 1 fully saturated rings. The van der Waals surface area contributed by atoms with E-state index in [0.29, 0.717) is 6.07 Å². The highest BCUT2D eigenvalue weighted by atomic mass is 16.7. The molecule has 0 radical (unpaired) electrons. The summed E-state index contributed by atoms with van der Waals surface area (Å²) in [5, 5.41) is 88.7. The Balaban J connectivity index is 1.90. The van der Waals surface area contributed by atoms with Gasteiger partial charge >= 0.3 is 5.97 Å². The Morgan fingerprint density at radius 1 is 0.857 bits per heavy atom. The molecule has 0 aliphatic carbocycles. The van der Waals surface area contributed by atoms with E-state index in [2.05, 4.69) is 0 Å². The van der Waals surface area contributed by atoms with Gasteiger partial charge in [0.15, 0.2) is 34.7 Å². The zero-order valence-corrected chi connectivity index (χ0v) is 17.3. The van der Waals surface area contributed by atoms with Crippen molar-refractivity contribution in [1.82, 2.24) is 0 Å². The molecule has 186 valence electrons. The smallest absolute Gasteiger partial charge is 0.335 e. The number of aromatic hydroxyl groups is 5. The Hall–Kier alpha value is -4.24. The first-order valence-electron chi connectivity index (χ1n) is 9.78. The molecule has 35 heavy (non-hydrogen) atoms. The van der Waals surface area contributed by atoms with E-state index in [0.717, 1.165) is 18.2 Å². The van der Waals surface area contributed by atoms with Gasteiger partial charge in [-0.1, -0.05) is 0 Å². The van der Waals surface area contributed by atoms with Gasteiger partial charge in [0.1, 0.15) is 29.4 Å². The van der Waals surface area contributed by atoms with Crippen molar-refractivity contribution in [2.45, 2.75) is 30.7 Å². The second-order valence-corrected chi connectivity index (χ2v) is 7.61. The van der Waals surface area contributed by atoms with E-state index in [1.54, 1.807) is 0 Å². The minimum absolute atomic E-state index is 0.121. The summed E-state index contributed by atoms with van der Waals surface area (Å²) in [7, 11) is 0. The van der Waals surface area contributed by atoms with Crippen LogP contribution in [0.15, 0.2) is 33.5 Å². The van der Waals surface area contributed by atoms with Crippen LogP contribution in [0, 0.1) is 0 Å². The van der Waals surface area contributed by atoms with Crippen LogP contribution >= 0.6 is 0 Å². The van der Waals surface area contributed by atoms with E-state index in [1.807, 2.05) is 0 Å². The van der Waals surface area contributed by atoms with Gasteiger partial charge in [-0.2, -0.15) is 0 Å². The zero-order valence-electron chi connectivity index (χ0n) is 17.3. The largest absolute Gasteiger partial charge is 0.507 e. The van der Waals surface area contributed by atoms with Crippen molar-refractivity contribution in [3.05, 3.63) is 34.5 Å². The summed E-state index contributed by atoms with van der Waals surface area (Å²) in [5.41, 5.74) is -2.03. The van der Waals surface area contributed by atoms with Crippen molar-refractivity contribution in [3.63, 3.8) is 0 Å². The van der Waals surface area contributed by atoms with Gasteiger partial charge in [0.25, 0.3) is 0 Å². The van der Waals surface area contributed by atoms with Crippen LogP contribution in [0.4, 0.5) is 0 Å². The lowest BCUT2D eigenvalue weighted by Crippen LogP contribution is -2.61. The minimum Gasteiger partial charge on any atom is -0.507 e. The molecule has 1 aromatic heterocycles. The topological polar surface area (TPSA) is 248 Å². The van der Waals surface area contributed by atoms with Crippen LogP contribution in [0.2, 0.25) is 0 Å². The number of fused-ring (bicyclic) bond motifs is 1. The highest BCUT2D eigenvalue weighted by Crippen LogP contribution is 2.44. The molecule has 1 aliphatic heterocycles. The number of phenols is 4. The van der Waals surface area contributed by atoms with Crippen LogP contribution in [0.3, 0.4) is 0 Å². The van der Waals surface area contributed by atoms with Gasteiger partial charge < -0.3 is 59.8 Å². The number of carboxylic acids is 1. The quantitative estimate of drug-likeness (QED) is 0.203. The number of aliphatic hydroxyl groups excluding tert-OH is 3. The summed E-state index contributed by atoms with van der Waals surface area (Å²) >= 11 is 0.